The van der Waals surface area contributed by atoms with Crippen LogP contribution in [0.4, 0.5) is 4.39 Å². The van der Waals surface area contributed by atoms with Crippen molar-refractivity contribution in [1.29, 1.82) is 0 Å². The SMILES string of the molecule is COC(=O)c1sc2cccc(F)c2c1CNC(=O)Cn1cnnn1. The summed E-state index contributed by atoms with van der Waals surface area (Å²) in [5.74, 6) is -1.39. The van der Waals surface area contributed by atoms with Gasteiger partial charge in [-0.2, -0.15) is 0 Å². The first kappa shape index (κ1) is 16.0. The zero-order chi connectivity index (χ0) is 17.1. The molecule has 0 fully saturated rings. The van der Waals surface area contributed by atoms with Crippen LogP contribution < -0.4 is 5.32 Å². The molecule has 0 unspecified atom stereocenters. The maximum atomic E-state index is 14.2. The highest BCUT2D eigenvalue weighted by atomic mass is 32.1. The number of nitrogens with one attached hydrogen (secondary N) is 1. The third-order valence-electron chi connectivity index (χ3n) is 3.29. The van der Waals surface area contributed by atoms with E-state index in [0.717, 1.165) is 11.3 Å². The number of tetrazole rings is 1. The smallest absolute Gasteiger partial charge is 0.348 e. The number of benzene rings is 1. The first-order valence-electron chi connectivity index (χ1n) is 6.86. The Morgan fingerprint density at radius 3 is 2.96 bits per heavy atom. The number of halogens is 1. The maximum Gasteiger partial charge on any atom is 0.348 e. The molecule has 3 aromatic rings. The minimum atomic E-state index is -0.569. The number of nitrogens with zero attached hydrogens (tertiary/aromatic N) is 4. The average molecular weight is 349 g/mol. The third-order valence-corrected chi connectivity index (χ3v) is 4.47. The fraction of sp³-hybridized carbons (Fsp3) is 0.214. The van der Waals surface area contributed by atoms with Gasteiger partial charge in [-0.15, -0.1) is 16.4 Å². The normalized spacial score (nSPS) is 10.8. The highest BCUT2D eigenvalue weighted by molar-refractivity contribution is 7.21. The van der Waals surface area contributed by atoms with Crippen LogP contribution in [0.15, 0.2) is 24.5 Å². The van der Waals surface area contributed by atoms with Crippen LogP contribution >= 0.6 is 11.3 Å². The summed E-state index contributed by atoms with van der Waals surface area (Å²) in [6.07, 6.45) is 1.30. The van der Waals surface area contributed by atoms with Crippen molar-refractivity contribution in [1.82, 2.24) is 25.5 Å². The minimum absolute atomic E-state index is 0.00761. The van der Waals surface area contributed by atoms with Gasteiger partial charge in [-0.1, -0.05) is 6.07 Å². The fourth-order valence-corrected chi connectivity index (χ4v) is 3.39. The lowest BCUT2D eigenvalue weighted by molar-refractivity contribution is -0.122. The first-order chi connectivity index (χ1) is 11.6. The molecule has 3 rings (SSSR count). The average Bonchev–Trinajstić information content (AvgIpc) is 3.20. The van der Waals surface area contributed by atoms with Crippen molar-refractivity contribution in [3.05, 3.63) is 40.8 Å². The topological polar surface area (TPSA) is 99.0 Å². The number of carbonyl (C=O) groups is 2. The Labute approximate surface area is 139 Å². The zero-order valence-corrected chi connectivity index (χ0v) is 13.3. The van der Waals surface area contributed by atoms with Gasteiger partial charge in [0.2, 0.25) is 5.91 Å². The predicted octanol–water partition coefficient (Wildman–Crippen LogP) is 1.13. The Kier molecular flexibility index (Phi) is 4.47. The van der Waals surface area contributed by atoms with Crippen molar-refractivity contribution < 1.29 is 18.7 Å². The van der Waals surface area contributed by atoms with E-state index in [4.69, 9.17) is 4.74 Å². The van der Waals surface area contributed by atoms with Gasteiger partial charge in [0, 0.05) is 22.2 Å². The van der Waals surface area contributed by atoms with Crippen LogP contribution in [0.3, 0.4) is 0 Å². The molecule has 2 aromatic heterocycles. The molecular weight excluding hydrogens is 337 g/mol. The Bertz CT molecular complexity index is 893. The summed E-state index contributed by atoms with van der Waals surface area (Å²) in [5.41, 5.74) is 0.394. The van der Waals surface area contributed by atoms with Crippen molar-refractivity contribution in [2.75, 3.05) is 7.11 Å². The van der Waals surface area contributed by atoms with E-state index in [1.54, 1.807) is 12.1 Å². The van der Waals surface area contributed by atoms with Crippen LogP contribution in [0.5, 0.6) is 0 Å². The van der Waals surface area contributed by atoms with E-state index in [2.05, 4.69) is 20.8 Å². The lowest BCUT2D eigenvalue weighted by Gasteiger charge is -2.07. The van der Waals surface area contributed by atoms with Crippen LogP contribution in [-0.2, 0) is 22.6 Å². The summed E-state index contributed by atoms with van der Waals surface area (Å²) in [4.78, 5) is 24.1. The number of carbonyl (C=O) groups excluding carboxylic acids is 2. The van der Waals surface area contributed by atoms with Gasteiger partial charge in [-0.25, -0.2) is 13.9 Å². The molecule has 0 atom stereocenters. The number of rotatable bonds is 5. The molecule has 0 aliphatic rings. The maximum absolute atomic E-state index is 14.2. The van der Waals surface area contributed by atoms with Gasteiger partial charge < -0.3 is 10.1 Å². The monoisotopic (exact) mass is 349 g/mol. The van der Waals surface area contributed by atoms with Crippen LogP contribution in [0.25, 0.3) is 10.1 Å². The minimum Gasteiger partial charge on any atom is -0.465 e. The Balaban J connectivity index is 1.87. The number of aromatic nitrogens is 4. The molecule has 0 aliphatic heterocycles. The summed E-state index contributed by atoms with van der Waals surface area (Å²) >= 11 is 1.12. The second-order valence-electron chi connectivity index (χ2n) is 4.80. The molecular formula is C14H12FN5O3S. The number of fused-ring (bicyclic) bond motifs is 1. The highest BCUT2D eigenvalue weighted by Gasteiger charge is 2.21. The number of ether oxygens (including phenoxy) is 1. The molecule has 24 heavy (non-hydrogen) atoms. The van der Waals surface area contributed by atoms with E-state index in [1.807, 2.05) is 0 Å². The van der Waals surface area contributed by atoms with Gasteiger partial charge in [0.1, 0.15) is 23.6 Å². The van der Waals surface area contributed by atoms with Crippen LogP contribution in [0.1, 0.15) is 15.2 Å². The molecule has 0 aliphatic carbocycles. The quantitative estimate of drug-likeness (QED) is 0.693. The molecule has 2 heterocycles. The van der Waals surface area contributed by atoms with Gasteiger partial charge in [-0.05, 0) is 22.6 Å². The molecule has 0 spiro atoms. The molecule has 124 valence electrons. The largest absolute Gasteiger partial charge is 0.465 e. The van der Waals surface area contributed by atoms with Crippen molar-refractivity contribution in [2.45, 2.75) is 13.1 Å². The summed E-state index contributed by atoms with van der Waals surface area (Å²) in [6, 6.07) is 4.58. The highest BCUT2D eigenvalue weighted by Crippen LogP contribution is 2.33. The molecule has 0 saturated heterocycles. The van der Waals surface area contributed by atoms with Gasteiger partial charge in [0.05, 0.1) is 7.11 Å². The summed E-state index contributed by atoms with van der Waals surface area (Å²) in [5, 5.41) is 13.4. The Morgan fingerprint density at radius 1 is 1.42 bits per heavy atom. The third kappa shape index (κ3) is 3.08. The molecule has 0 radical (unpaired) electrons. The Morgan fingerprint density at radius 2 is 2.25 bits per heavy atom. The number of hydrogen-bond acceptors (Lipinski definition) is 7. The second-order valence-corrected chi connectivity index (χ2v) is 5.85. The van der Waals surface area contributed by atoms with E-state index in [1.165, 1.54) is 24.2 Å². The van der Waals surface area contributed by atoms with E-state index in [0.29, 0.717) is 15.6 Å². The molecule has 0 saturated carbocycles. The zero-order valence-electron chi connectivity index (χ0n) is 12.5. The Hall–Kier alpha value is -2.88. The summed E-state index contributed by atoms with van der Waals surface area (Å²) < 4.78 is 20.8. The van der Waals surface area contributed by atoms with Crippen molar-refractivity contribution >= 4 is 33.3 Å². The van der Waals surface area contributed by atoms with E-state index >= 15 is 0 Å². The molecule has 1 N–H and O–H groups in total. The van der Waals surface area contributed by atoms with Gasteiger partial charge in [0.25, 0.3) is 0 Å². The van der Waals surface area contributed by atoms with Crippen LogP contribution in [0.2, 0.25) is 0 Å². The molecule has 1 aromatic carbocycles. The van der Waals surface area contributed by atoms with Gasteiger partial charge >= 0.3 is 5.97 Å². The van der Waals surface area contributed by atoms with E-state index in [9.17, 15) is 14.0 Å². The molecule has 8 nitrogen and oxygen atoms in total. The van der Waals surface area contributed by atoms with Crippen molar-refractivity contribution in [3.63, 3.8) is 0 Å². The molecule has 0 bridgehead atoms. The van der Waals surface area contributed by atoms with Crippen molar-refractivity contribution in [2.24, 2.45) is 0 Å². The lowest BCUT2D eigenvalue weighted by atomic mass is 10.1. The predicted molar refractivity (Wildman–Crippen MR) is 82.8 cm³/mol. The number of methoxy groups -OCH3 is 1. The first-order valence-corrected chi connectivity index (χ1v) is 7.67. The molecule has 10 heteroatoms. The van der Waals surface area contributed by atoms with Crippen molar-refractivity contribution in [3.8, 4) is 0 Å². The molecule has 1 amide bonds. The fourth-order valence-electron chi connectivity index (χ4n) is 2.24. The second kappa shape index (κ2) is 6.71. The number of amides is 1. The lowest BCUT2D eigenvalue weighted by Crippen LogP contribution is -2.28. The summed E-state index contributed by atoms with van der Waals surface area (Å²) in [6.45, 7) is -0.0859. The summed E-state index contributed by atoms with van der Waals surface area (Å²) in [7, 11) is 1.25. The van der Waals surface area contributed by atoms with E-state index < -0.39 is 11.8 Å². The van der Waals surface area contributed by atoms with Crippen LogP contribution in [0, 0.1) is 5.82 Å². The van der Waals surface area contributed by atoms with E-state index in [-0.39, 0.29) is 23.9 Å². The van der Waals surface area contributed by atoms with Gasteiger partial charge in [0.15, 0.2) is 0 Å². The van der Waals surface area contributed by atoms with Crippen LogP contribution in [-0.4, -0.2) is 39.2 Å². The standard InChI is InChI=1S/C14H12FN5O3S/c1-23-14(22)13-8(12-9(15)3-2-4-10(12)24-13)5-16-11(21)6-20-7-17-18-19-20/h2-4,7H,5-6H2,1H3,(H,16,21). The number of thiophene rings is 1. The van der Waals surface area contributed by atoms with Gasteiger partial charge in [-0.3, -0.25) is 4.79 Å². The number of hydrogen-bond donors (Lipinski definition) is 1. The number of esters is 1.